The highest BCUT2D eigenvalue weighted by Gasteiger charge is 1.96. The number of allylic oxidation sites excluding steroid dienone is 1. The zero-order valence-corrected chi connectivity index (χ0v) is 8.17. The molecular weight excluding hydrogens is 208 g/mol. The van der Waals surface area contributed by atoms with Crippen molar-refractivity contribution in [3.05, 3.63) is 12.2 Å². The Morgan fingerprint density at radius 1 is 1.73 bits per heavy atom. The smallest absolute Gasteiger partial charge is 0.307 e. The molecule has 0 fully saturated rings. The SMILES string of the molecule is CCCC(Br)C=CCC(=O)O. The molecule has 1 atom stereocenters. The van der Waals surface area contributed by atoms with Crippen LogP contribution in [0, 0.1) is 0 Å². The van der Waals surface area contributed by atoms with E-state index in [1.807, 2.05) is 6.08 Å². The lowest BCUT2D eigenvalue weighted by molar-refractivity contribution is -0.136. The monoisotopic (exact) mass is 220 g/mol. The van der Waals surface area contributed by atoms with Crippen molar-refractivity contribution in [2.75, 3.05) is 0 Å². The van der Waals surface area contributed by atoms with Gasteiger partial charge in [0.05, 0.1) is 6.42 Å². The average Bonchev–Trinajstić information content (AvgIpc) is 1.87. The van der Waals surface area contributed by atoms with E-state index in [0.29, 0.717) is 4.83 Å². The second kappa shape index (κ2) is 6.40. The summed E-state index contributed by atoms with van der Waals surface area (Å²) in [6.45, 7) is 2.10. The van der Waals surface area contributed by atoms with Gasteiger partial charge >= 0.3 is 5.97 Å². The van der Waals surface area contributed by atoms with Crippen LogP contribution in [-0.4, -0.2) is 15.9 Å². The van der Waals surface area contributed by atoms with E-state index in [4.69, 9.17) is 5.11 Å². The highest BCUT2D eigenvalue weighted by atomic mass is 79.9. The lowest BCUT2D eigenvalue weighted by Crippen LogP contribution is -1.93. The summed E-state index contributed by atoms with van der Waals surface area (Å²) in [5, 5.41) is 8.29. The number of hydrogen-bond acceptors (Lipinski definition) is 1. The Morgan fingerprint density at radius 3 is 2.82 bits per heavy atom. The van der Waals surface area contributed by atoms with Gasteiger partial charge in [-0.25, -0.2) is 0 Å². The molecule has 0 aromatic rings. The number of halogens is 1. The predicted octanol–water partition coefficient (Wildman–Crippen LogP) is 2.58. The molecule has 0 aromatic heterocycles. The Labute approximate surface area is 75.4 Å². The fourth-order valence-electron chi connectivity index (χ4n) is 0.689. The molecule has 0 saturated carbocycles. The quantitative estimate of drug-likeness (QED) is 0.572. The fraction of sp³-hybridized carbons (Fsp3) is 0.625. The highest BCUT2D eigenvalue weighted by molar-refractivity contribution is 9.09. The molecule has 0 aliphatic carbocycles. The maximum atomic E-state index is 10.1. The van der Waals surface area contributed by atoms with E-state index in [0.717, 1.165) is 12.8 Å². The maximum Gasteiger partial charge on any atom is 0.307 e. The largest absolute Gasteiger partial charge is 0.481 e. The van der Waals surface area contributed by atoms with E-state index < -0.39 is 5.97 Å². The first-order chi connectivity index (χ1) is 5.16. The Kier molecular flexibility index (Phi) is 6.22. The Morgan fingerprint density at radius 2 is 2.36 bits per heavy atom. The molecule has 0 spiro atoms. The topological polar surface area (TPSA) is 37.3 Å². The zero-order chi connectivity index (χ0) is 8.69. The molecule has 0 saturated heterocycles. The number of hydrogen-bond donors (Lipinski definition) is 1. The minimum absolute atomic E-state index is 0.117. The summed E-state index contributed by atoms with van der Waals surface area (Å²) >= 11 is 3.41. The van der Waals surface area contributed by atoms with Crippen LogP contribution in [0.15, 0.2) is 12.2 Å². The molecule has 0 heterocycles. The molecule has 0 amide bonds. The third-order valence-electron chi connectivity index (χ3n) is 1.20. The highest BCUT2D eigenvalue weighted by Crippen LogP contribution is 2.09. The van der Waals surface area contributed by atoms with Gasteiger partial charge in [0.25, 0.3) is 0 Å². The van der Waals surface area contributed by atoms with E-state index in [9.17, 15) is 4.79 Å². The van der Waals surface area contributed by atoms with Crippen molar-refractivity contribution < 1.29 is 9.90 Å². The third-order valence-corrected chi connectivity index (χ3v) is 1.96. The number of rotatable bonds is 5. The third kappa shape index (κ3) is 7.59. The molecule has 11 heavy (non-hydrogen) atoms. The van der Waals surface area contributed by atoms with Gasteiger partial charge in [-0.2, -0.15) is 0 Å². The van der Waals surface area contributed by atoms with Crippen molar-refractivity contribution in [2.24, 2.45) is 0 Å². The molecular formula is C8H13BrO2. The van der Waals surface area contributed by atoms with E-state index in [-0.39, 0.29) is 6.42 Å². The second-order valence-electron chi connectivity index (χ2n) is 2.33. The van der Waals surface area contributed by atoms with Gasteiger partial charge in [0.15, 0.2) is 0 Å². The summed E-state index contributed by atoms with van der Waals surface area (Å²) in [6.07, 6.45) is 5.84. The first-order valence-corrected chi connectivity index (χ1v) is 4.61. The molecule has 0 rings (SSSR count). The van der Waals surface area contributed by atoms with Crippen LogP contribution in [0.4, 0.5) is 0 Å². The lowest BCUT2D eigenvalue weighted by Gasteiger charge is -1.98. The molecule has 64 valence electrons. The Hall–Kier alpha value is -0.310. The fourth-order valence-corrected chi connectivity index (χ4v) is 1.36. The Balaban J connectivity index is 3.47. The summed E-state index contributed by atoms with van der Waals surface area (Å²) in [7, 11) is 0. The van der Waals surface area contributed by atoms with Gasteiger partial charge in [-0.3, -0.25) is 4.79 Å². The standard InChI is InChI=1S/C8H13BrO2/c1-2-4-7(9)5-3-6-8(10)11/h3,5,7H,2,4,6H2,1H3,(H,10,11). The van der Waals surface area contributed by atoms with Gasteiger partial charge in [-0.05, 0) is 6.42 Å². The molecule has 1 unspecified atom stereocenters. The van der Waals surface area contributed by atoms with Crippen LogP contribution in [0.2, 0.25) is 0 Å². The van der Waals surface area contributed by atoms with Gasteiger partial charge < -0.3 is 5.11 Å². The predicted molar refractivity (Wildman–Crippen MR) is 49.0 cm³/mol. The molecule has 1 N–H and O–H groups in total. The summed E-state index contributed by atoms with van der Waals surface area (Å²) < 4.78 is 0. The van der Waals surface area contributed by atoms with Gasteiger partial charge in [-0.1, -0.05) is 41.4 Å². The number of alkyl halides is 1. The summed E-state index contributed by atoms with van der Waals surface area (Å²) in [5.41, 5.74) is 0. The summed E-state index contributed by atoms with van der Waals surface area (Å²) in [4.78, 5) is 10.4. The van der Waals surface area contributed by atoms with Crippen LogP contribution in [0.25, 0.3) is 0 Å². The number of carboxylic acids is 1. The minimum atomic E-state index is -0.780. The van der Waals surface area contributed by atoms with Crippen LogP contribution < -0.4 is 0 Å². The van der Waals surface area contributed by atoms with Crippen molar-refractivity contribution in [3.63, 3.8) is 0 Å². The Bertz CT molecular complexity index is 143. The summed E-state index contributed by atoms with van der Waals surface area (Å²) in [5.74, 6) is -0.780. The molecule has 0 radical (unpaired) electrons. The van der Waals surface area contributed by atoms with E-state index >= 15 is 0 Å². The molecule has 3 heteroatoms. The first kappa shape index (κ1) is 10.7. The van der Waals surface area contributed by atoms with Crippen molar-refractivity contribution in [1.82, 2.24) is 0 Å². The van der Waals surface area contributed by atoms with Crippen molar-refractivity contribution in [1.29, 1.82) is 0 Å². The molecule has 0 aliphatic heterocycles. The lowest BCUT2D eigenvalue weighted by atomic mass is 10.2. The molecule has 0 aromatic carbocycles. The number of carbonyl (C=O) groups is 1. The minimum Gasteiger partial charge on any atom is -0.481 e. The van der Waals surface area contributed by atoms with Crippen molar-refractivity contribution in [2.45, 2.75) is 31.0 Å². The van der Waals surface area contributed by atoms with Gasteiger partial charge in [0.2, 0.25) is 0 Å². The number of aliphatic carboxylic acids is 1. The van der Waals surface area contributed by atoms with Gasteiger partial charge in [-0.15, -0.1) is 0 Å². The van der Waals surface area contributed by atoms with Gasteiger partial charge in [0.1, 0.15) is 0 Å². The van der Waals surface area contributed by atoms with Crippen molar-refractivity contribution >= 4 is 21.9 Å². The molecule has 2 nitrogen and oxygen atoms in total. The summed E-state index contributed by atoms with van der Waals surface area (Å²) in [6, 6.07) is 0. The zero-order valence-electron chi connectivity index (χ0n) is 6.59. The van der Waals surface area contributed by atoms with Crippen LogP contribution >= 0.6 is 15.9 Å². The van der Waals surface area contributed by atoms with Crippen LogP contribution in [-0.2, 0) is 4.79 Å². The van der Waals surface area contributed by atoms with Gasteiger partial charge in [0, 0.05) is 4.83 Å². The number of carboxylic acid groups (broad SMARTS) is 1. The van der Waals surface area contributed by atoms with Crippen molar-refractivity contribution in [3.8, 4) is 0 Å². The maximum absolute atomic E-state index is 10.1. The molecule has 0 bridgehead atoms. The van der Waals surface area contributed by atoms with Crippen LogP contribution in [0.5, 0.6) is 0 Å². The van der Waals surface area contributed by atoms with Crippen LogP contribution in [0.3, 0.4) is 0 Å². The first-order valence-electron chi connectivity index (χ1n) is 3.69. The average molecular weight is 221 g/mol. The van der Waals surface area contributed by atoms with E-state index in [1.165, 1.54) is 0 Å². The van der Waals surface area contributed by atoms with E-state index in [2.05, 4.69) is 22.9 Å². The molecule has 0 aliphatic rings. The van der Waals surface area contributed by atoms with Crippen LogP contribution in [0.1, 0.15) is 26.2 Å². The second-order valence-corrected chi connectivity index (χ2v) is 3.51. The van der Waals surface area contributed by atoms with E-state index in [1.54, 1.807) is 6.08 Å². The normalized spacial score (nSPS) is 13.6.